The number of thioether (sulfide) groups is 1. The first-order valence-corrected chi connectivity index (χ1v) is 10.7. The minimum absolute atomic E-state index is 0.164. The number of rotatable bonds is 5. The van der Waals surface area contributed by atoms with E-state index in [4.69, 9.17) is 0 Å². The van der Waals surface area contributed by atoms with E-state index in [0.29, 0.717) is 17.1 Å². The van der Waals surface area contributed by atoms with Gasteiger partial charge < -0.3 is 10.6 Å². The minimum Gasteiger partial charge on any atom is -0.308 e. The lowest BCUT2D eigenvalue weighted by molar-refractivity contribution is -0.121. The van der Waals surface area contributed by atoms with Crippen molar-refractivity contribution in [3.8, 4) is 0 Å². The fourth-order valence-corrected chi connectivity index (χ4v) is 4.31. The Labute approximate surface area is 184 Å². The van der Waals surface area contributed by atoms with Crippen molar-refractivity contribution in [1.82, 2.24) is 0 Å². The zero-order valence-electron chi connectivity index (χ0n) is 16.9. The molecule has 0 saturated carbocycles. The molecule has 1 heterocycles. The van der Waals surface area contributed by atoms with Gasteiger partial charge in [0.25, 0.3) is 0 Å². The van der Waals surface area contributed by atoms with Crippen molar-refractivity contribution in [1.29, 1.82) is 0 Å². The van der Waals surface area contributed by atoms with E-state index >= 15 is 0 Å². The highest BCUT2D eigenvalue weighted by molar-refractivity contribution is 8.00. The summed E-state index contributed by atoms with van der Waals surface area (Å²) < 4.78 is 0. The summed E-state index contributed by atoms with van der Waals surface area (Å²) in [5.74, 6) is -0.398. The Morgan fingerprint density at radius 2 is 1.48 bits per heavy atom. The number of aryl methyl sites for hydroxylation is 1. The number of nitrogens with zero attached hydrogens (tertiary/aromatic N) is 1. The van der Waals surface area contributed by atoms with Crippen LogP contribution in [0.5, 0.6) is 0 Å². The Balaban J connectivity index is 1.36. The van der Waals surface area contributed by atoms with Gasteiger partial charge in [-0.3, -0.25) is 9.59 Å². The van der Waals surface area contributed by atoms with E-state index in [1.54, 1.807) is 36.4 Å². The van der Waals surface area contributed by atoms with E-state index in [1.807, 2.05) is 49.4 Å². The normalized spacial score (nSPS) is 15.8. The lowest BCUT2D eigenvalue weighted by Crippen LogP contribution is -2.31. The van der Waals surface area contributed by atoms with Crippen molar-refractivity contribution in [3.05, 3.63) is 84.4 Å². The number of benzene rings is 3. The third-order valence-electron chi connectivity index (χ3n) is 4.82. The molecule has 1 unspecified atom stereocenters. The number of carbonyl (C=O) groups is 3. The van der Waals surface area contributed by atoms with Crippen LogP contribution in [0.1, 0.15) is 12.0 Å². The lowest BCUT2D eigenvalue weighted by Gasteiger charge is -2.15. The highest BCUT2D eigenvalue weighted by Gasteiger charge is 2.40. The predicted octanol–water partition coefficient (Wildman–Crippen LogP) is 5.06. The molecule has 3 aromatic carbocycles. The summed E-state index contributed by atoms with van der Waals surface area (Å²) in [5, 5.41) is 5.06. The minimum atomic E-state index is -0.464. The highest BCUT2D eigenvalue weighted by atomic mass is 32.2. The number of carbonyl (C=O) groups excluding carboxylic acids is 3. The summed E-state index contributed by atoms with van der Waals surface area (Å²) in [6.07, 6.45) is 0.164. The third kappa shape index (κ3) is 4.95. The van der Waals surface area contributed by atoms with E-state index in [0.717, 1.165) is 10.5 Å². The molecule has 1 fully saturated rings. The molecule has 0 bridgehead atoms. The highest BCUT2D eigenvalue weighted by Crippen LogP contribution is 2.34. The number of hydrogen-bond acceptors (Lipinski definition) is 4. The van der Waals surface area contributed by atoms with Gasteiger partial charge in [0.2, 0.25) is 11.8 Å². The van der Waals surface area contributed by atoms with Crippen LogP contribution >= 0.6 is 11.8 Å². The van der Waals surface area contributed by atoms with Gasteiger partial charge in [0.15, 0.2) is 0 Å². The predicted molar refractivity (Wildman–Crippen MR) is 123 cm³/mol. The zero-order valence-corrected chi connectivity index (χ0v) is 17.7. The topological polar surface area (TPSA) is 78.5 Å². The van der Waals surface area contributed by atoms with Gasteiger partial charge in [0.1, 0.15) is 0 Å². The van der Waals surface area contributed by atoms with Gasteiger partial charge in [-0.05, 0) is 55.5 Å². The number of urea groups is 1. The zero-order chi connectivity index (χ0) is 21.8. The second-order valence-electron chi connectivity index (χ2n) is 7.18. The summed E-state index contributed by atoms with van der Waals surface area (Å²) in [5.41, 5.74) is 3.01. The molecule has 1 atom stereocenters. The van der Waals surface area contributed by atoms with Crippen molar-refractivity contribution >= 4 is 46.7 Å². The van der Waals surface area contributed by atoms with Crippen LogP contribution in [-0.2, 0) is 9.59 Å². The Bertz CT molecular complexity index is 1100. The van der Waals surface area contributed by atoms with Crippen molar-refractivity contribution in [2.75, 3.05) is 15.5 Å². The molecule has 0 aliphatic carbocycles. The van der Waals surface area contributed by atoms with Crippen LogP contribution in [0, 0.1) is 6.92 Å². The molecule has 4 amide bonds. The van der Waals surface area contributed by atoms with Gasteiger partial charge in [0, 0.05) is 22.7 Å². The molecule has 7 heteroatoms. The number of nitrogens with one attached hydrogen (secondary N) is 2. The summed E-state index contributed by atoms with van der Waals surface area (Å²) >= 11 is 1.35. The van der Waals surface area contributed by atoms with Gasteiger partial charge in [-0.15, -0.1) is 11.8 Å². The average Bonchev–Trinajstić information content (AvgIpc) is 3.04. The van der Waals surface area contributed by atoms with E-state index < -0.39 is 5.25 Å². The molecule has 1 aliphatic rings. The SMILES string of the molecule is Cc1ccc(N2C(=O)CC(Sc3ccc(NC(=O)Nc4ccccc4)cc3)C2=O)cc1. The number of amides is 4. The van der Waals surface area contributed by atoms with Crippen LogP contribution in [-0.4, -0.2) is 23.1 Å². The Hall–Kier alpha value is -3.58. The van der Waals surface area contributed by atoms with Crippen LogP contribution in [0.4, 0.5) is 21.9 Å². The third-order valence-corrected chi connectivity index (χ3v) is 6.02. The molecule has 156 valence electrons. The number of hydrogen-bond donors (Lipinski definition) is 2. The number of anilines is 3. The van der Waals surface area contributed by atoms with Crippen LogP contribution in [0.15, 0.2) is 83.8 Å². The van der Waals surface area contributed by atoms with Crippen LogP contribution in [0.25, 0.3) is 0 Å². The van der Waals surface area contributed by atoms with E-state index in [2.05, 4.69) is 10.6 Å². The molecule has 3 aromatic rings. The van der Waals surface area contributed by atoms with E-state index in [-0.39, 0.29) is 24.3 Å². The van der Waals surface area contributed by atoms with Crippen molar-refractivity contribution < 1.29 is 14.4 Å². The average molecular weight is 432 g/mol. The maximum absolute atomic E-state index is 12.8. The van der Waals surface area contributed by atoms with E-state index in [9.17, 15) is 14.4 Å². The first kappa shape index (κ1) is 20.7. The standard InChI is InChI=1S/C24H21N3O3S/c1-16-7-11-19(12-8-16)27-22(28)15-21(23(27)29)31-20-13-9-18(10-14-20)26-24(30)25-17-5-3-2-4-6-17/h2-14,21H,15H2,1H3,(H2,25,26,30). The van der Waals surface area contributed by atoms with Crippen LogP contribution in [0.3, 0.4) is 0 Å². The monoisotopic (exact) mass is 431 g/mol. The van der Waals surface area contributed by atoms with Crippen LogP contribution in [0.2, 0.25) is 0 Å². The molecule has 0 spiro atoms. The second-order valence-corrected chi connectivity index (χ2v) is 8.46. The number of para-hydroxylation sites is 1. The summed E-state index contributed by atoms with van der Waals surface area (Å²) in [6.45, 7) is 1.96. The summed E-state index contributed by atoms with van der Waals surface area (Å²) in [6, 6.07) is 23.4. The van der Waals surface area contributed by atoms with Crippen LogP contribution < -0.4 is 15.5 Å². The molecular weight excluding hydrogens is 410 g/mol. The van der Waals surface area contributed by atoms with E-state index in [1.165, 1.54) is 16.7 Å². The van der Waals surface area contributed by atoms with Gasteiger partial charge >= 0.3 is 6.03 Å². The fourth-order valence-electron chi connectivity index (χ4n) is 3.26. The molecule has 31 heavy (non-hydrogen) atoms. The first-order chi connectivity index (χ1) is 15.0. The molecule has 2 N–H and O–H groups in total. The molecule has 1 aliphatic heterocycles. The van der Waals surface area contributed by atoms with Crippen molar-refractivity contribution in [3.63, 3.8) is 0 Å². The molecular formula is C24H21N3O3S. The maximum atomic E-state index is 12.8. The molecule has 0 aromatic heterocycles. The van der Waals surface area contributed by atoms with Crippen molar-refractivity contribution in [2.24, 2.45) is 0 Å². The smallest absolute Gasteiger partial charge is 0.308 e. The summed E-state index contributed by atoms with van der Waals surface area (Å²) in [4.78, 5) is 39.5. The first-order valence-electron chi connectivity index (χ1n) is 9.83. The van der Waals surface area contributed by atoms with Crippen molar-refractivity contribution in [2.45, 2.75) is 23.5 Å². The molecule has 6 nitrogen and oxygen atoms in total. The number of imide groups is 1. The van der Waals surface area contributed by atoms with Gasteiger partial charge in [0.05, 0.1) is 10.9 Å². The Kier molecular flexibility index (Phi) is 6.04. The fraction of sp³-hybridized carbons (Fsp3) is 0.125. The Morgan fingerprint density at radius 1 is 0.871 bits per heavy atom. The molecule has 0 radical (unpaired) electrons. The molecule has 4 rings (SSSR count). The summed E-state index contributed by atoms with van der Waals surface area (Å²) in [7, 11) is 0. The maximum Gasteiger partial charge on any atom is 0.323 e. The second kappa shape index (κ2) is 9.06. The molecule has 1 saturated heterocycles. The quantitative estimate of drug-likeness (QED) is 0.553. The van der Waals surface area contributed by atoms with Gasteiger partial charge in [-0.25, -0.2) is 9.69 Å². The largest absolute Gasteiger partial charge is 0.323 e. The lowest BCUT2D eigenvalue weighted by atomic mass is 10.2. The Morgan fingerprint density at radius 3 is 2.13 bits per heavy atom. The van der Waals surface area contributed by atoms with Gasteiger partial charge in [-0.2, -0.15) is 0 Å². The van der Waals surface area contributed by atoms with Gasteiger partial charge in [-0.1, -0.05) is 35.9 Å².